The first-order chi connectivity index (χ1) is 12.8. The Labute approximate surface area is 167 Å². The van der Waals surface area contributed by atoms with Crippen molar-refractivity contribution in [3.8, 4) is 5.75 Å². The summed E-state index contributed by atoms with van der Waals surface area (Å²) in [5.41, 5.74) is 6.29. The van der Waals surface area contributed by atoms with E-state index in [0.29, 0.717) is 12.1 Å². The van der Waals surface area contributed by atoms with Gasteiger partial charge in [-0.3, -0.25) is 4.79 Å². The van der Waals surface area contributed by atoms with Crippen LogP contribution in [0.15, 0.2) is 42.5 Å². The highest BCUT2D eigenvalue weighted by Crippen LogP contribution is 2.35. The van der Waals surface area contributed by atoms with Crippen LogP contribution >= 0.6 is 12.4 Å². The molecule has 0 aliphatic carbocycles. The fourth-order valence-corrected chi connectivity index (χ4v) is 2.39. The van der Waals surface area contributed by atoms with Gasteiger partial charge in [0.05, 0.1) is 17.9 Å². The molecule has 5 nitrogen and oxygen atoms in total. The molecule has 0 unspecified atom stereocenters. The van der Waals surface area contributed by atoms with Gasteiger partial charge < -0.3 is 20.5 Å². The van der Waals surface area contributed by atoms with Crippen LogP contribution in [0.1, 0.15) is 17.5 Å². The topological polar surface area (TPSA) is 73.6 Å². The lowest BCUT2D eigenvalue weighted by Crippen LogP contribution is -2.16. The summed E-state index contributed by atoms with van der Waals surface area (Å²) in [6.07, 6.45) is -4.08. The summed E-state index contributed by atoms with van der Waals surface area (Å²) < 4.78 is 49.2. The third-order valence-corrected chi connectivity index (χ3v) is 3.80. The number of nitrogens with one attached hydrogen (secondary N) is 1. The molecule has 0 heterocycles. The maximum Gasteiger partial charge on any atom is 0.416 e. The van der Waals surface area contributed by atoms with Crippen LogP contribution in [0.3, 0.4) is 0 Å². The van der Waals surface area contributed by atoms with E-state index in [4.69, 9.17) is 15.2 Å². The molecule has 0 saturated heterocycles. The van der Waals surface area contributed by atoms with Crippen LogP contribution < -0.4 is 15.8 Å². The third kappa shape index (κ3) is 6.94. The number of nitrogen functional groups attached to an aromatic ring is 1. The van der Waals surface area contributed by atoms with Crippen molar-refractivity contribution in [1.82, 2.24) is 0 Å². The second-order valence-electron chi connectivity index (χ2n) is 5.80. The van der Waals surface area contributed by atoms with Crippen molar-refractivity contribution < 1.29 is 27.4 Å². The van der Waals surface area contributed by atoms with E-state index in [-0.39, 0.29) is 43.5 Å². The molecule has 1 amide bonds. The average Bonchev–Trinajstić information content (AvgIpc) is 2.61. The maximum atomic E-state index is 13.0. The van der Waals surface area contributed by atoms with E-state index in [0.717, 1.165) is 17.7 Å². The zero-order chi connectivity index (χ0) is 19.9. The van der Waals surface area contributed by atoms with E-state index >= 15 is 0 Å². The second kappa shape index (κ2) is 10.8. The number of carbonyl (C=O) groups excluding carboxylic acids is 1. The van der Waals surface area contributed by atoms with E-state index in [9.17, 15) is 18.0 Å². The van der Waals surface area contributed by atoms with Gasteiger partial charge in [-0.1, -0.05) is 18.2 Å². The number of benzene rings is 2. The molecule has 0 atom stereocenters. The van der Waals surface area contributed by atoms with Crippen LogP contribution in [0.2, 0.25) is 0 Å². The first-order valence-corrected chi connectivity index (χ1v) is 8.27. The maximum absolute atomic E-state index is 13.0. The zero-order valence-corrected chi connectivity index (χ0v) is 16.0. The Morgan fingerprint density at radius 3 is 2.50 bits per heavy atom. The summed E-state index contributed by atoms with van der Waals surface area (Å²) in [5.74, 6) is -0.290. The van der Waals surface area contributed by atoms with Crippen LogP contribution in [-0.2, 0) is 22.1 Å². The Balaban J connectivity index is 0.00000392. The van der Waals surface area contributed by atoms with Gasteiger partial charge >= 0.3 is 6.18 Å². The SMILES string of the molecule is COCCOc1ccc(C(F)(F)F)cc1NC(=O)CCc1ccccc1N.Cl. The number of hydrogen-bond acceptors (Lipinski definition) is 4. The molecule has 0 saturated carbocycles. The minimum absolute atomic E-state index is 0. The minimum Gasteiger partial charge on any atom is -0.489 e. The lowest BCUT2D eigenvalue weighted by atomic mass is 10.1. The van der Waals surface area contributed by atoms with Crippen molar-refractivity contribution in [2.75, 3.05) is 31.4 Å². The molecular formula is C19H22ClF3N2O3. The fraction of sp³-hybridized carbons (Fsp3) is 0.316. The van der Waals surface area contributed by atoms with Gasteiger partial charge in [0, 0.05) is 19.2 Å². The minimum atomic E-state index is -4.52. The van der Waals surface area contributed by atoms with Crippen molar-refractivity contribution >= 4 is 29.7 Å². The third-order valence-electron chi connectivity index (χ3n) is 3.80. The number of alkyl halides is 3. The second-order valence-corrected chi connectivity index (χ2v) is 5.80. The van der Waals surface area contributed by atoms with E-state index in [1.165, 1.54) is 13.2 Å². The van der Waals surface area contributed by atoms with Gasteiger partial charge in [-0.25, -0.2) is 0 Å². The van der Waals surface area contributed by atoms with Gasteiger partial charge in [-0.05, 0) is 36.2 Å². The average molecular weight is 419 g/mol. The highest BCUT2D eigenvalue weighted by atomic mass is 35.5. The largest absolute Gasteiger partial charge is 0.489 e. The standard InChI is InChI=1S/C19H21F3N2O3.ClH/c1-26-10-11-27-17-8-7-14(19(20,21)22)12-16(17)24-18(25)9-6-13-4-2-3-5-15(13)23;/h2-5,7-8,12H,6,9-11,23H2,1H3,(H,24,25);1H. The van der Waals surface area contributed by atoms with Crippen molar-refractivity contribution in [1.29, 1.82) is 0 Å². The molecule has 2 rings (SSSR count). The van der Waals surface area contributed by atoms with E-state index in [1.54, 1.807) is 24.3 Å². The van der Waals surface area contributed by atoms with Crippen LogP contribution in [0.5, 0.6) is 5.75 Å². The van der Waals surface area contributed by atoms with Crippen molar-refractivity contribution in [3.63, 3.8) is 0 Å². The fourth-order valence-electron chi connectivity index (χ4n) is 2.39. The zero-order valence-electron chi connectivity index (χ0n) is 15.2. The number of carbonyl (C=O) groups is 1. The number of anilines is 2. The van der Waals surface area contributed by atoms with E-state index < -0.39 is 17.6 Å². The Kier molecular flexibility index (Phi) is 9.08. The summed E-state index contributed by atoms with van der Waals surface area (Å²) in [4.78, 5) is 12.2. The molecular weight excluding hydrogens is 397 g/mol. The van der Waals surface area contributed by atoms with Gasteiger partial charge in [-0.15, -0.1) is 12.4 Å². The number of rotatable bonds is 8. The summed E-state index contributed by atoms with van der Waals surface area (Å²) in [6.45, 7) is 0.410. The number of amides is 1. The van der Waals surface area contributed by atoms with Crippen LogP contribution in [0.25, 0.3) is 0 Å². The predicted octanol–water partition coefficient (Wildman–Crippen LogP) is 4.31. The van der Waals surface area contributed by atoms with E-state index in [1.807, 2.05) is 0 Å². The van der Waals surface area contributed by atoms with Crippen molar-refractivity contribution in [2.24, 2.45) is 0 Å². The van der Waals surface area contributed by atoms with E-state index in [2.05, 4.69) is 5.32 Å². The highest BCUT2D eigenvalue weighted by Gasteiger charge is 2.31. The lowest BCUT2D eigenvalue weighted by molar-refractivity contribution is -0.137. The Morgan fingerprint density at radius 1 is 1.14 bits per heavy atom. The Bertz CT molecular complexity index is 785. The van der Waals surface area contributed by atoms with Crippen molar-refractivity contribution in [3.05, 3.63) is 53.6 Å². The van der Waals surface area contributed by atoms with Gasteiger partial charge in [0.15, 0.2) is 0 Å². The molecule has 2 aromatic carbocycles. The monoisotopic (exact) mass is 418 g/mol. The van der Waals surface area contributed by atoms with Gasteiger partial charge in [-0.2, -0.15) is 13.2 Å². The molecule has 28 heavy (non-hydrogen) atoms. The normalized spacial score (nSPS) is 10.9. The molecule has 3 N–H and O–H groups in total. The van der Waals surface area contributed by atoms with Gasteiger partial charge in [0.2, 0.25) is 5.91 Å². The van der Waals surface area contributed by atoms with Crippen LogP contribution in [0, 0.1) is 0 Å². The summed E-state index contributed by atoms with van der Waals surface area (Å²) in [7, 11) is 1.48. The van der Waals surface area contributed by atoms with Crippen molar-refractivity contribution in [2.45, 2.75) is 19.0 Å². The van der Waals surface area contributed by atoms with Crippen LogP contribution in [-0.4, -0.2) is 26.2 Å². The van der Waals surface area contributed by atoms with Crippen LogP contribution in [0.4, 0.5) is 24.5 Å². The Morgan fingerprint density at radius 2 is 1.86 bits per heavy atom. The molecule has 0 bridgehead atoms. The molecule has 2 aromatic rings. The number of nitrogens with two attached hydrogens (primary N) is 1. The van der Waals surface area contributed by atoms with Gasteiger partial charge in [0.25, 0.3) is 0 Å². The first kappa shape index (κ1) is 23.6. The molecule has 154 valence electrons. The number of aryl methyl sites for hydroxylation is 1. The summed E-state index contributed by atoms with van der Waals surface area (Å²) >= 11 is 0. The summed E-state index contributed by atoms with van der Waals surface area (Å²) in [5, 5.41) is 2.49. The molecule has 0 aliphatic rings. The highest BCUT2D eigenvalue weighted by molar-refractivity contribution is 5.92. The number of hydrogen-bond donors (Lipinski definition) is 2. The number of ether oxygens (including phenoxy) is 2. The quantitative estimate of drug-likeness (QED) is 0.495. The predicted molar refractivity (Wildman–Crippen MR) is 104 cm³/mol. The number of para-hydroxylation sites is 1. The molecule has 0 aliphatic heterocycles. The number of methoxy groups -OCH3 is 1. The van der Waals surface area contributed by atoms with Gasteiger partial charge in [0.1, 0.15) is 12.4 Å². The summed E-state index contributed by atoms with van der Waals surface area (Å²) in [6, 6.07) is 10.1. The smallest absolute Gasteiger partial charge is 0.416 e. The lowest BCUT2D eigenvalue weighted by Gasteiger charge is -2.15. The molecule has 0 aromatic heterocycles. The number of halogens is 4. The molecule has 9 heteroatoms. The molecule has 0 fully saturated rings. The molecule has 0 spiro atoms. The Hall–Kier alpha value is -2.45. The molecule has 0 radical (unpaired) electrons. The first-order valence-electron chi connectivity index (χ1n) is 8.27.